The lowest BCUT2D eigenvalue weighted by atomic mass is 9.89. The number of hydrogen-bond acceptors (Lipinski definition) is 3. The SMILES string of the molecule is CC(C)n1ncc(Br)c1C(=O)C1CCCCCC1N. The number of halogens is 1. The molecule has 1 aliphatic carbocycles. The number of nitrogens with two attached hydrogens (primary N) is 1. The molecule has 4 nitrogen and oxygen atoms in total. The Morgan fingerprint density at radius 2 is 2.11 bits per heavy atom. The molecular weight excluding hydrogens is 306 g/mol. The van der Waals surface area contributed by atoms with Gasteiger partial charge in [-0.25, -0.2) is 0 Å². The third-order valence-electron chi connectivity index (χ3n) is 3.88. The first kappa shape index (κ1) is 14.7. The van der Waals surface area contributed by atoms with Gasteiger partial charge in [-0.15, -0.1) is 0 Å². The van der Waals surface area contributed by atoms with Crippen molar-refractivity contribution in [1.29, 1.82) is 0 Å². The fourth-order valence-electron chi connectivity index (χ4n) is 2.80. The van der Waals surface area contributed by atoms with E-state index in [1.54, 1.807) is 10.9 Å². The van der Waals surface area contributed by atoms with Crippen LogP contribution in [-0.4, -0.2) is 21.6 Å². The van der Waals surface area contributed by atoms with Crippen LogP contribution in [0.1, 0.15) is 62.5 Å². The van der Waals surface area contributed by atoms with Crippen molar-refractivity contribution in [3.05, 3.63) is 16.4 Å². The molecule has 1 aromatic heterocycles. The average Bonchev–Trinajstić information content (AvgIpc) is 2.61. The van der Waals surface area contributed by atoms with Crippen LogP contribution in [0.25, 0.3) is 0 Å². The molecule has 1 aromatic rings. The number of ketones is 1. The van der Waals surface area contributed by atoms with Crippen molar-refractivity contribution in [2.24, 2.45) is 11.7 Å². The van der Waals surface area contributed by atoms with E-state index in [1.807, 2.05) is 13.8 Å². The number of carbonyl (C=O) groups is 1. The maximum Gasteiger partial charge on any atom is 0.186 e. The molecule has 0 spiro atoms. The Balaban J connectivity index is 2.30. The van der Waals surface area contributed by atoms with E-state index in [4.69, 9.17) is 5.73 Å². The first-order valence-corrected chi connectivity index (χ1v) is 7.84. The molecule has 2 rings (SSSR count). The van der Waals surface area contributed by atoms with Crippen LogP contribution < -0.4 is 5.73 Å². The lowest BCUT2D eigenvalue weighted by Gasteiger charge is -2.21. The van der Waals surface area contributed by atoms with E-state index in [0.29, 0.717) is 5.69 Å². The lowest BCUT2D eigenvalue weighted by Crippen LogP contribution is -2.36. The van der Waals surface area contributed by atoms with E-state index < -0.39 is 0 Å². The summed E-state index contributed by atoms with van der Waals surface area (Å²) in [5.74, 6) is 0.0838. The molecule has 1 saturated carbocycles. The quantitative estimate of drug-likeness (QED) is 0.684. The monoisotopic (exact) mass is 327 g/mol. The van der Waals surface area contributed by atoms with Crippen molar-refractivity contribution >= 4 is 21.7 Å². The molecule has 106 valence electrons. The highest BCUT2D eigenvalue weighted by atomic mass is 79.9. The Morgan fingerprint density at radius 1 is 1.42 bits per heavy atom. The maximum absolute atomic E-state index is 12.8. The molecule has 2 atom stereocenters. The van der Waals surface area contributed by atoms with Crippen LogP contribution in [0, 0.1) is 5.92 Å². The Kier molecular flexibility index (Phi) is 4.79. The van der Waals surface area contributed by atoms with E-state index in [2.05, 4.69) is 21.0 Å². The Hall–Kier alpha value is -0.680. The van der Waals surface area contributed by atoms with Crippen LogP contribution in [-0.2, 0) is 0 Å². The van der Waals surface area contributed by atoms with Gasteiger partial charge in [-0.2, -0.15) is 5.10 Å². The molecule has 5 heteroatoms. The highest BCUT2D eigenvalue weighted by Gasteiger charge is 2.31. The Labute approximate surface area is 122 Å². The zero-order chi connectivity index (χ0) is 14.0. The zero-order valence-electron chi connectivity index (χ0n) is 11.6. The van der Waals surface area contributed by atoms with E-state index in [0.717, 1.165) is 30.2 Å². The zero-order valence-corrected chi connectivity index (χ0v) is 13.2. The molecule has 0 aliphatic heterocycles. The first-order valence-electron chi connectivity index (χ1n) is 7.05. The van der Waals surface area contributed by atoms with Gasteiger partial charge in [0.2, 0.25) is 0 Å². The van der Waals surface area contributed by atoms with Crippen molar-refractivity contribution in [3.63, 3.8) is 0 Å². The first-order chi connectivity index (χ1) is 9.02. The highest BCUT2D eigenvalue weighted by Crippen LogP contribution is 2.29. The Morgan fingerprint density at radius 3 is 2.79 bits per heavy atom. The topological polar surface area (TPSA) is 60.9 Å². The van der Waals surface area contributed by atoms with Gasteiger partial charge in [-0.3, -0.25) is 9.48 Å². The lowest BCUT2D eigenvalue weighted by molar-refractivity contribution is 0.0880. The summed E-state index contributed by atoms with van der Waals surface area (Å²) >= 11 is 3.45. The number of hydrogen-bond donors (Lipinski definition) is 1. The minimum absolute atomic E-state index is 0.0163. The molecule has 2 unspecified atom stereocenters. The van der Waals surface area contributed by atoms with Crippen molar-refractivity contribution in [1.82, 2.24) is 9.78 Å². The van der Waals surface area contributed by atoms with Crippen molar-refractivity contribution in [2.75, 3.05) is 0 Å². The summed E-state index contributed by atoms with van der Waals surface area (Å²) < 4.78 is 2.58. The van der Waals surface area contributed by atoms with Crippen LogP contribution in [0.2, 0.25) is 0 Å². The van der Waals surface area contributed by atoms with Gasteiger partial charge in [0.05, 0.1) is 10.7 Å². The molecule has 1 aliphatic rings. The van der Waals surface area contributed by atoms with Gasteiger partial charge >= 0.3 is 0 Å². The third kappa shape index (κ3) is 3.08. The second kappa shape index (κ2) is 6.18. The number of rotatable bonds is 3. The molecule has 0 radical (unpaired) electrons. The van der Waals surface area contributed by atoms with Gasteiger partial charge in [0.15, 0.2) is 5.78 Å². The van der Waals surface area contributed by atoms with E-state index in [-0.39, 0.29) is 23.8 Å². The van der Waals surface area contributed by atoms with Gasteiger partial charge in [0.25, 0.3) is 0 Å². The van der Waals surface area contributed by atoms with E-state index >= 15 is 0 Å². The molecule has 0 saturated heterocycles. The van der Waals surface area contributed by atoms with Gasteiger partial charge in [-0.05, 0) is 42.6 Å². The highest BCUT2D eigenvalue weighted by molar-refractivity contribution is 9.10. The summed E-state index contributed by atoms with van der Waals surface area (Å²) in [7, 11) is 0. The number of Topliss-reactive ketones (excluding diaryl/α,β-unsaturated/α-hetero) is 1. The van der Waals surface area contributed by atoms with E-state index in [9.17, 15) is 4.79 Å². The largest absolute Gasteiger partial charge is 0.327 e. The second-order valence-electron chi connectivity index (χ2n) is 5.65. The molecule has 0 amide bonds. The summed E-state index contributed by atoms with van der Waals surface area (Å²) in [6.45, 7) is 4.06. The smallest absolute Gasteiger partial charge is 0.186 e. The molecule has 1 heterocycles. The van der Waals surface area contributed by atoms with Crippen LogP contribution >= 0.6 is 15.9 Å². The summed E-state index contributed by atoms with van der Waals surface area (Å²) in [4.78, 5) is 12.8. The van der Waals surface area contributed by atoms with Crippen LogP contribution in [0.15, 0.2) is 10.7 Å². The number of carbonyl (C=O) groups excluding carboxylic acids is 1. The molecule has 1 fully saturated rings. The molecule has 0 aromatic carbocycles. The van der Waals surface area contributed by atoms with Gasteiger partial charge in [0, 0.05) is 18.0 Å². The summed E-state index contributed by atoms with van der Waals surface area (Å²) in [5.41, 5.74) is 6.87. The van der Waals surface area contributed by atoms with Crippen LogP contribution in [0.5, 0.6) is 0 Å². The molecule has 0 bridgehead atoms. The number of aromatic nitrogens is 2. The Bertz CT molecular complexity index is 456. The van der Waals surface area contributed by atoms with Gasteiger partial charge in [-0.1, -0.05) is 19.3 Å². The summed E-state index contributed by atoms with van der Waals surface area (Å²) in [5, 5.41) is 4.29. The fourth-order valence-corrected chi connectivity index (χ4v) is 3.27. The predicted octanol–water partition coefficient (Wildman–Crippen LogP) is 3.32. The van der Waals surface area contributed by atoms with Crippen molar-refractivity contribution in [3.8, 4) is 0 Å². The predicted molar refractivity (Wildman–Crippen MR) is 79.2 cm³/mol. The van der Waals surface area contributed by atoms with Crippen LogP contribution in [0.3, 0.4) is 0 Å². The second-order valence-corrected chi connectivity index (χ2v) is 6.51. The molecule has 19 heavy (non-hydrogen) atoms. The van der Waals surface area contributed by atoms with Gasteiger partial charge in [0.1, 0.15) is 5.69 Å². The van der Waals surface area contributed by atoms with Crippen LogP contribution in [0.4, 0.5) is 0 Å². The number of nitrogens with zero attached hydrogens (tertiary/aromatic N) is 2. The third-order valence-corrected chi connectivity index (χ3v) is 4.46. The minimum Gasteiger partial charge on any atom is -0.327 e. The summed E-state index contributed by atoms with van der Waals surface area (Å²) in [6.07, 6.45) is 6.96. The van der Waals surface area contributed by atoms with Crippen molar-refractivity contribution in [2.45, 2.75) is 58.0 Å². The van der Waals surface area contributed by atoms with Gasteiger partial charge < -0.3 is 5.73 Å². The molecule has 2 N–H and O–H groups in total. The minimum atomic E-state index is -0.0620. The summed E-state index contributed by atoms with van der Waals surface area (Å²) in [6, 6.07) is 0.157. The van der Waals surface area contributed by atoms with E-state index in [1.165, 1.54) is 6.42 Å². The normalized spacial score (nSPS) is 24.5. The maximum atomic E-state index is 12.8. The molecular formula is C14H22BrN3O. The average molecular weight is 328 g/mol. The van der Waals surface area contributed by atoms with Crippen molar-refractivity contribution < 1.29 is 4.79 Å². The standard InChI is InChI=1S/C14H22BrN3O/c1-9(2)18-13(11(15)8-17-18)14(19)10-6-4-3-5-7-12(10)16/h8-10,12H,3-7,16H2,1-2H3. The fraction of sp³-hybridized carbons (Fsp3) is 0.714.